The number of Topliss-reactive ketones (excluding diaryl/α,β-unsaturated/α-hetero) is 1. The summed E-state index contributed by atoms with van der Waals surface area (Å²) < 4.78 is 12.7. The van der Waals surface area contributed by atoms with E-state index >= 15 is 0 Å². The lowest BCUT2D eigenvalue weighted by Gasteiger charge is -2.34. The van der Waals surface area contributed by atoms with Gasteiger partial charge in [0, 0.05) is 31.3 Å². The van der Waals surface area contributed by atoms with Crippen molar-refractivity contribution in [2.75, 3.05) is 26.2 Å². The maximum atomic E-state index is 13.1. The summed E-state index contributed by atoms with van der Waals surface area (Å²) in [7, 11) is 0. The van der Waals surface area contributed by atoms with E-state index in [0.717, 1.165) is 5.56 Å². The normalized spacial score (nSPS) is 15.8. The molecule has 0 spiro atoms. The quantitative estimate of drug-likeness (QED) is 0.515. The first-order valence-corrected chi connectivity index (χ1v) is 12.8. The number of nitrogens with one attached hydrogen (secondary N) is 1. The minimum Gasteiger partial charge on any atom is -0.444 e. The van der Waals surface area contributed by atoms with Gasteiger partial charge in [0.05, 0.1) is 25.8 Å². The fourth-order valence-electron chi connectivity index (χ4n) is 4.13. The topological polar surface area (TPSA) is 107 Å². The van der Waals surface area contributed by atoms with Crippen LogP contribution in [0.5, 0.6) is 0 Å². The molecule has 1 aromatic carbocycles. The van der Waals surface area contributed by atoms with Gasteiger partial charge in [0.15, 0.2) is 5.78 Å². The average molecular weight is 512 g/mol. The summed E-state index contributed by atoms with van der Waals surface area (Å²) in [6, 6.07) is 10.8. The Balaban J connectivity index is 1.67. The van der Waals surface area contributed by atoms with Gasteiger partial charge in [-0.1, -0.05) is 30.3 Å². The molecule has 2 heterocycles. The Hall–Kier alpha value is -3.46. The molecule has 9 heteroatoms. The number of benzene rings is 1. The molecular formula is C28H37N3O6. The van der Waals surface area contributed by atoms with Crippen molar-refractivity contribution in [1.29, 1.82) is 0 Å². The van der Waals surface area contributed by atoms with Crippen LogP contribution in [-0.4, -0.2) is 65.2 Å². The SMILES string of the molecule is CCNC(=O)c1cc(C(=O)CCC[C@@H]2CN(C(=O)OC(C)(C)C)CCO2)cn(Cc2ccccc2)c1=O. The highest BCUT2D eigenvalue weighted by Crippen LogP contribution is 2.17. The fourth-order valence-corrected chi connectivity index (χ4v) is 4.13. The summed E-state index contributed by atoms with van der Waals surface area (Å²) in [5, 5.41) is 2.65. The van der Waals surface area contributed by atoms with Crippen LogP contribution in [0.4, 0.5) is 4.79 Å². The van der Waals surface area contributed by atoms with Crippen molar-refractivity contribution in [3.8, 4) is 0 Å². The first-order chi connectivity index (χ1) is 17.6. The van der Waals surface area contributed by atoms with E-state index in [-0.39, 0.29) is 36.5 Å². The maximum Gasteiger partial charge on any atom is 0.410 e. The van der Waals surface area contributed by atoms with Crippen LogP contribution in [0.25, 0.3) is 0 Å². The number of carbonyl (C=O) groups excluding carboxylic acids is 3. The highest BCUT2D eigenvalue weighted by molar-refractivity contribution is 6.00. The standard InChI is InChI=1S/C28H37N3O6/c1-5-29-25(33)23-16-21(18-31(26(23)34)17-20-10-7-6-8-11-20)24(32)13-9-12-22-19-30(14-15-36-22)27(35)37-28(2,3)4/h6-8,10-11,16,18,22H,5,9,12-15,17,19H2,1-4H3,(H,29,33)/t22-/m1/s1. The second-order valence-corrected chi connectivity index (χ2v) is 10.2. The van der Waals surface area contributed by atoms with Crippen molar-refractivity contribution >= 4 is 17.8 Å². The highest BCUT2D eigenvalue weighted by atomic mass is 16.6. The summed E-state index contributed by atoms with van der Waals surface area (Å²) >= 11 is 0. The molecule has 2 amide bonds. The molecule has 0 radical (unpaired) electrons. The van der Waals surface area contributed by atoms with E-state index < -0.39 is 17.1 Å². The third kappa shape index (κ3) is 8.28. The Morgan fingerprint density at radius 3 is 2.57 bits per heavy atom. The predicted molar refractivity (Wildman–Crippen MR) is 140 cm³/mol. The number of hydrogen-bond acceptors (Lipinski definition) is 6. The lowest BCUT2D eigenvalue weighted by Crippen LogP contribution is -2.47. The number of pyridine rings is 1. The summed E-state index contributed by atoms with van der Waals surface area (Å²) in [4.78, 5) is 52.6. The Morgan fingerprint density at radius 1 is 1.16 bits per heavy atom. The second kappa shape index (κ2) is 12.7. The lowest BCUT2D eigenvalue weighted by molar-refractivity contribution is -0.0450. The van der Waals surface area contributed by atoms with E-state index in [1.54, 1.807) is 11.8 Å². The number of amides is 2. The van der Waals surface area contributed by atoms with Crippen LogP contribution in [0.15, 0.2) is 47.4 Å². The van der Waals surface area contributed by atoms with Gasteiger partial charge in [-0.3, -0.25) is 14.4 Å². The Labute approximate surface area is 217 Å². The molecule has 0 unspecified atom stereocenters. The number of nitrogens with zero attached hydrogens (tertiary/aromatic N) is 2. The molecule has 1 saturated heterocycles. The highest BCUT2D eigenvalue weighted by Gasteiger charge is 2.28. The van der Waals surface area contributed by atoms with Crippen molar-refractivity contribution in [3.05, 3.63) is 69.6 Å². The largest absolute Gasteiger partial charge is 0.444 e. The zero-order valence-corrected chi connectivity index (χ0v) is 22.1. The first kappa shape index (κ1) is 28.1. The van der Waals surface area contributed by atoms with Gasteiger partial charge >= 0.3 is 6.09 Å². The number of ether oxygens (including phenoxy) is 2. The van der Waals surface area contributed by atoms with Gasteiger partial charge in [-0.05, 0) is 52.2 Å². The smallest absolute Gasteiger partial charge is 0.410 e. The van der Waals surface area contributed by atoms with Gasteiger partial charge in [0.1, 0.15) is 11.2 Å². The molecule has 200 valence electrons. The van der Waals surface area contributed by atoms with Crippen molar-refractivity contribution in [2.45, 2.75) is 65.2 Å². The van der Waals surface area contributed by atoms with Gasteiger partial charge in [-0.15, -0.1) is 0 Å². The summed E-state index contributed by atoms with van der Waals surface area (Å²) in [5.74, 6) is -0.658. The van der Waals surface area contributed by atoms with Crippen LogP contribution in [0, 0.1) is 0 Å². The van der Waals surface area contributed by atoms with Gasteiger partial charge in [-0.2, -0.15) is 0 Å². The van der Waals surface area contributed by atoms with Gasteiger partial charge in [-0.25, -0.2) is 4.79 Å². The lowest BCUT2D eigenvalue weighted by atomic mass is 10.0. The van der Waals surface area contributed by atoms with Crippen LogP contribution in [0.1, 0.15) is 73.2 Å². The van der Waals surface area contributed by atoms with Crippen LogP contribution in [-0.2, 0) is 16.0 Å². The molecular weight excluding hydrogens is 474 g/mol. The van der Waals surface area contributed by atoms with Crippen LogP contribution in [0.2, 0.25) is 0 Å². The molecule has 0 bridgehead atoms. The fraction of sp³-hybridized carbons (Fsp3) is 0.500. The number of ketones is 1. The molecule has 0 aliphatic carbocycles. The Kier molecular flexibility index (Phi) is 9.63. The minimum absolute atomic E-state index is 0.0488. The molecule has 1 N–H and O–H groups in total. The minimum atomic E-state index is -0.568. The molecule has 2 aromatic rings. The molecule has 1 aliphatic rings. The van der Waals surface area contributed by atoms with Gasteiger partial charge < -0.3 is 24.3 Å². The van der Waals surface area contributed by atoms with E-state index in [0.29, 0.717) is 44.6 Å². The zero-order valence-electron chi connectivity index (χ0n) is 22.1. The summed E-state index contributed by atoms with van der Waals surface area (Å²) in [6.07, 6.45) is 2.34. The van der Waals surface area contributed by atoms with E-state index in [2.05, 4.69) is 5.32 Å². The predicted octanol–water partition coefficient (Wildman–Crippen LogP) is 3.64. The van der Waals surface area contributed by atoms with Gasteiger partial charge in [0.2, 0.25) is 0 Å². The number of rotatable bonds is 9. The first-order valence-electron chi connectivity index (χ1n) is 12.8. The van der Waals surface area contributed by atoms with E-state index in [1.165, 1.54) is 16.8 Å². The molecule has 1 fully saturated rings. The molecule has 1 atom stereocenters. The monoisotopic (exact) mass is 511 g/mol. The molecule has 37 heavy (non-hydrogen) atoms. The van der Waals surface area contributed by atoms with E-state index in [1.807, 2.05) is 51.1 Å². The van der Waals surface area contributed by atoms with Crippen molar-refractivity contribution in [3.63, 3.8) is 0 Å². The zero-order chi connectivity index (χ0) is 27.0. The van der Waals surface area contributed by atoms with E-state index in [4.69, 9.17) is 9.47 Å². The maximum absolute atomic E-state index is 13.1. The number of carbonyl (C=O) groups is 3. The average Bonchev–Trinajstić information content (AvgIpc) is 2.85. The van der Waals surface area contributed by atoms with Crippen LogP contribution >= 0.6 is 0 Å². The van der Waals surface area contributed by atoms with Crippen molar-refractivity contribution in [2.24, 2.45) is 0 Å². The van der Waals surface area contributed by atoms with Gasteiger partial charge in [0.25, 0.3) is 11.5 Å². The number of morpholine rings is 1. The third-order valence-electron chi connectivity index (χ3n) is 5.91. The summed E-state index contributed by atoms with van der Waals surface area (Å²) in [5.41, 5.74) is 0.148. The Bertz CT molecular complexity index is 1150. The Morgan fingerprint density at radius 2 is 1.89 bits per heavy atom. The molecule has 0 saturated carbocycles. The third-order valence-corrected chi connectivity index (χ3v) is 5.91. The van der Waals surface area contributed by atoms with E-state index in [9.17, 15) is 19.2 Å². The van der Waals surface area contributed by atoms with Crippen molar-refractivity contribution < 1.29 is 23.9 Å². The van der Waals surface area contributed by atoms with Crippen molar-refractivity contribution in [1.82, 2.24) is 14.8 Å². The number of hydrogen-bond donors (Lipinski definition) is 1. The molecule has 1 aromatic heterocycles. The molecule has 3 rings (SSSR count). The van der Waals surface area contributed by atoms with Crippen LogP contribution in [0.3, 0.4) is 0 Å². The van der Waals surface area contributed by atoms with Crippen LogP contribution < -0.4 is 10.9 Å². The number of aromatic nitrogens is 1. The molecule has 1 aliphatic heterocycles. The molecule has 9 nitrogen and oxygen atoms in total. The summed E-state index contributed by atoms with van der Waals surface area (Å²) in [6.45, 7) is 9.17. The second-order valence-electron chi connectivity index (χ2n) is 10.2.